The molecule has 0 rings (SSSR count). The molecule has 2 atom stereocenters. The molecule has 0 bridgehead atoms. The van der Waals surface area contributed by atoms with Gasteiger partial charge in [-0.3, -0.25) is 18.6 Å². The number of hydrogen-bond donors (Lipinski definition) is 3. The smallest absolute Gasteiger partial charge is 0.463 e. The fourth-order valence-electron chi connectivity index (χ4n) is 5.84. The van der Waals surface area contributed by atoms with Crippen LogP contribution in [0.25, 0.3) is 0 Å². The van der Waals surface area contributed by atoms with Gasteiger partial charge < -0.3 is 20.1 Å². The summed E-state index contributed by atoms with van der Waals surface area (Å²) in [5.41, 5.74) is 0. The van der Waals surface area contributed by atoms with Gasteiger partial charge in [-0.15, -0.1) is 0 Å². The third kappa shape index (κ3) is 42.8. The highest BCUT2D eigenvalue weighted by Crippen LogP contribution is 2.42. The van der Waals surface area contributed by atoms with E-state index in [9.17, 15) is 24.2 Å². The Labute approximate surface area is 342 Å². The molecule has 10 heteroatoms. The van der Waals surface area contributed by atoms with Crippen molar-refractivity contribution in [3.63, 3.8) is 0 Å². The molecule has 9 nitrogen and oxygen atoms in total. The van der Waals surface area contributed by atoms with Crippen molar-refractivity contribution in [3.8, 4) is 0 Å². The maximum Gasteiger partial charge on any atom is 0.472 e. The van der Waals surface area contributed by atoms with Gasteiger partial charge in [0.25, 0.3) is 0 Å². The second-order valence-corrected chi connectivity index (χ2v) is 16.1. The Morgan fingerprint density at radius 2 is 1.02 bits per heavy atom. The quantitative estimate of drug-likeness (QED) is 0.0241. The number of amides is 1. The molecule has 0 saturated carbocycles. The van der Waals surface area contributed by atoms with Crippen LogP contribution in [0.3, 0.4) is 0 Å². The standard InChI is InChI=1S/C46H82NO8P/c1-3-5-7-9-11-13-15-17-19-21-23-25-27-29-31-33-35-37-39-46(50)53-42-44(48)43-55-56(51,52)54-41-40-47-45(49)38-36-34-32-30-28-26-24-22-20-18-16-14-12-10-8-6-4-2/h6,8,12-15,18-21,44,48H,3-5,7,9-11,16-17,22-43H2,1-2H3,(H,47,49)(H,51,52)/b8-6-,14-12-,15-13-,20-18-,21-19-. The molecule has 0 aromatic heterocycles. The molecule has 0 aliphatic rings. The van der Waals surface area contributed by atoms with E-state index < -0.39 is 26.5 Å². The summed E-state index contributed by atoms with van der Waals surface area (Å²) >= 11 is 0. The van der Waals surface area contributed by atoms with E-state index in [2.05, 4.69) is 79.9 Å². The topological polar surface area (TPSA) is 131 Å². The van der Waals surface area contributed by atoms with Gasteiger partial charge in [-0.2, -0.15) is 0 Å². The number of carbonyl (C=O) groups excluding carboxylic acids is 2. The minimum absolute atomic E-state index is 0.0726. The third-order valence-corrected chi connectivity index (χ3v) is 10.2. The average Bonchev–Trinajstić information content (AvgIpc) is 3.18. The number of esters is 1. The molecule has 0 spiro atoms. The van der Waals surface area contributed by atoms with E-state index in [0.29, 0.717) is 6.42 Å². The van der Waals surface area contributed by atoms with Crippen LogP contribution in [-0.2, 0) is 27.9 Å². The number of phosphoric acid groups is 1. The summed E-state index contributed by atoms with van der Waals surface area (Å²) in [7, 11) is -4.42. The molecule has 0 fully saturated rings. The highest BCUT2D eigenvalue weighted by molar-refractivity contribution is 7.47. The Kier molecular flexibility index (Phi) is 40.6. The first-order chi connectivity index (χ1) is 27.3. The minimum Gasteiger partial charge on any atom is -0.463 e. The number of aliphatic hydroxyl groups excluding tert-OH is 1. The third-order valence-electron chi connectivity index (χ3n) is 9.18. The van der Waals surface area contributed by atoms with Crippen LogP contribution >= 0.6 is 7.82 Å². The SMILES string of the molecule is CC/C=C\C/C=C\C/C=C\CCCCCCCCCC(=O)NCCOP(=O)(O)OCC(O)COC(=O)CCCCCCCCC/C=C\C/C=C\CCCCCC. The van der Waals surface area contributed by atoms with Crippen molar-refractivity contribution in [2.45, 2.75) is 193 Å². The number of carbonyl (C=O) groups is 2. The number of phosphoric ester groups is 1. The number of rotatable bonds is 41. The van der Waals surface area contributed by atoms with Crippen molar-refractivity contribution in [2.24, 2.45) is 0 Å². The molecule has 0 heterocycles. The Balaban J connectivity index is 3.62. The normalized spacial score (nSPS) is 13.9. The molecular weight excluding hydrogens is 725 g/mol. The first kappa shape index (κ1) is 53.7. The maximum absolute atomic E-state index is 12.1. The second kappa shape index (κ2) is 42.3. The summed E-state index contributed by atoms with van der Waals surface area (Å²) in [5.74, 6) is -0.536. The molecule has 0 aromatic rings. The zero-order chi connectivity index (χ0) is 41.1. The summed E-state index contributed by atoms with van der Waals surface area (Å²) in [4.78, 5) is 33.9. The van der Waals surface area contributed by atoms with Gasteiger partial charge in [0.1, 0.15) is 12.7 Å². The van der Waals surface area contributed by atoms with Crippen LogP contribution in [0.15, 0.2) is 60.8 Å². The first-order valence-electron chi connectivity index (χ1n) is 22.3. The van der Waals surface area contributed by atoms with Gasteiger partial charge in [-0.1, -0.05) is 158 Å². The molecule has 56 heavy (non-hydrogen) atoms. The summed E-state index contributed by atoms with van der Waals surface area (Å²) in [5, 5.41) is 12.7. The van der Waals surface area contributed by atoms with E-state index in [4.69, 9.17) is 13.8 Å². The number of allylic oxidation sites excluding steroid dienone is 10. The molecule has 3 N–H and O–H groups in total. The molecular formula is C46H82NO8P. The number of hydrogen-bond acceptors (Lipinski definition) is 7. The van der Waals surface area contributed by atoms with Gasteiger partial charge in [0.2, 0.25) is 5.91 Å². The second-order valence-electron chi connectivity index (χ2n) is 14.6. The predicted molar refractivity (Wildman–Crippen MR) is 233 cm³/mol. The van der Waals surface area contributed by atoms with Crippen molar-refractivity contribution in [3.05, 3.63) is 60.8 Å². The van der Waals surface area contributed by atoms with E-state index in [1.807, 2.05) is 0 Å². The molecule has 0 aliphatic carbocycles. The fourth-order valence-corrected chi connectivity index (χ4v) is 6.59. The Morgan fingerprint density at radius 3 is 1.54 bits per heavy atom. The van der Waals surface area contributed by atoms with Crippen LogP contribution in [0.1, 0.15) is 187 Å². The van der Waals surface area contributed by atoms with E-state index in [-0.39, 0.29) is 32.1 Å². The van der Waals surface area contributed by atoms with Crippen LogP contribution in [0.4, 0.5) is 0 Å². The van der Waals surface area contributed by atoms with Crippen molar-refractivity contribution in [1.82, 2.24) is 5.32 Å². The first-order valence-corrected chi connectivity index (χ1v) is 23.8. The van der Waals surface area contributed by atoms with Crippen LogP contribution in [0.5, 0.6) is 0 Å². The van der Waals surface area contributed by atoms with Crippen LogP contribution in [0, 0.1) is 0 Å². The monoisotopic (exact) mass is 808 g/mol. The minimum atomic E-state index is -4.42. The zero-order valence-corrected chi connectivity index (χ0v) is 36.5. The van der Waals surface area contributed by atoms with Gasteiger partial charge in [0, 0.05) is 19.4 Å². The number of unbranched alkanes of at least 4 members (excludes halogenated alkanes) is 18. The van der Waals surface area contributed by atoms with Gasteiger partial charge in [-0.25, -0.2) is 4.57 Å². The molecule has 0 aliphatic heterocycles. The molecule has 324 valence electrons. The maximum atomic E-state index is 12.1. The van der Waals surface area contributed by atoms with Crippen LogP contribution in [-0.4, -0.2) is 54.3 Å². The van der Waals surface area contributed by atoms with Gasteiger partial charge in [0.05, 0.1) is 13.2 Å². The molecule has 0 saturated heterocycles. The summed E-state index contributed by atoms with van der Waals surface area (Å²) < 4.78 is 26.9. The lowest BCUT2D eigenvalue weighted by Gasteiger charge is -2.15. The Hall–Kier alpha value is -2.29. The van der Waals surface area contributed by atoms with E-state index in [1.165, 1.54) is 77.0 Å². The van der Waals surface area contributed by atoms with Gasteiger partial charge in [-0.05, 0) is 77.0 Å². The Bertz CT molecular complexity index is 1100. The zero-order valence-electron chi connectivity index (χ0n) is 35.6. The molecule has 2 unspecified atom stereocenters. The number of aliphatic hydroxyl groups is 1. The lowest BCUT2D eigenvalue weighted by Crippen LogP contribution is -2.27. The van der Waals surface area contributed by atoms with Crippen LogP contribution < -0.4 is 5.32 Å². The average molecular weight is 808 g/mol. The fraction of sp³-hybridized carbons (Fsp3) is 0.739. The number of nitrogens with one attached hydrogen (secondary N) is 1. The molecule has 0 radical (unpaired) electrons. The van der Waals surface area contributed by atoms with E-state index in [1.54, 1.807) is 0 Å². The van der Waals surface area contributed by atoms with Crippen molar-refractivity contribution < 1.29 is 37.9 Å². The van der Waals surface area contributed by atoms with E-state index in [0.717, 1.165) is 83.5 Å². The lowest BCUT2D eigenvalue weighted by molar-refractivity contribution is -0.147. The summed E-state index contributed by atoms with van der Waals surface area (Å²) in [6.07, 6.45) is 50.0. The van der Waals surface area contributed by atoms with Gasteiger partial charge >= 0.3 is 13.8 Å². The van der Waals surface area contributed by atoms with Crippen LogP contribution in [0.2, 0.25) is 0 Å². The predicted octanol–water partition coefficient (Wildman–Crippen LogP) is 12.5. The van der Waals surface area contributed by atoms with Crippen molar-refractivity contribution in [2.75, 3.05) is 26.4 Å². The van der Waals surface area contributed by atoms with Crippen molar-refractivity contribution >= 4 is 19.7 Å². The van der Waals surface area contributed by atoms with Gasteiger partial charge in [0.15, 0.2) is 0 Å². The Morgan fingerprint density at radius 1 is 0.571 bits per heavy atom. The molecule has 1 amide bonds. The summed E-state index contributed by atoms with van der Waals surface area (Å²) in [6, 6.07) is 0. The number of ether oxygens (including phenoxy) is 1. The van der Waals surface area contributed by atoms with E-state index >= 15 is 0 Å². The van der Waals surface area contributed by atoms with Crippen molar-refractivity contribution in [1.29, 1.82) is 0 Å². The largest absolute Gasteiger partial charge is 0.472 e. The highest BCUT2D eigenvalue weighted by Gasteiger charge is 2.23. The highest BCUT2D eigenvalue weighted by atomic mass is 31.2. The molecule has 0 aromatic carbocycles. The summed E-state index contributed by atoms with van der Waals surface area (Å²) in [6.45, 7) is 3.40. The lowest BCUT2D eigenvalue weighted by atomic mass is 10.1.